The quantitative estimate of drug-likeness (QED) is 0.0199. The van der Waals surface area contributed by atoms with Crippen molar-refractivity contribution in [1.82, 2.24) is 0 Å². The summed E-state index contributed by atoms with van der Waals surface area (Å²) in [6, 6.07) is 0. The van der Waals surface area contributed by atoms with Gasteiger partial charge in [0.15, 0.2) is 6.10 Å². The first-order valence-electron chi connectivity index (χ1n) is 27.3. The molecule has 0 aromatic carbocycles. The molecule has 0 saturated heterocycles. The van der Waals surface area contributed by atoms with Gasteiger partial charge in [0.2, 0.25) is 0 Å². The number of allylic oxidation sites excluding steroid dienone is 16. The van der Waals surface area contributed by atoms with Crippen molar-refractivity contribution in [2.24, 2.45) is 0 Å². The largest absolute Gasteiger partial charge is 0.462 e. The third-order valence-electron chi connectivity index (χ3n) is 11.4. The molecule has 0 N–H and O–H groups in total. The number of hydrogen-bond acceptors (Lipinski definition) is 6. The first-order chi connectivity index (χ1) is 32.5. The molecule has 0 saturated carbocycles. The first-order valence-corrected chi connectivity index (χ1v) is 27.3. The Morgan fingerprint density at radius 2 is 0.621 bits per heavy atom. The van der Waals surface area contributed by atoms with Crippen LogP contribution in [0, 0.1) is 0 Å². The minimum atomic E-state index is -0.816. The van der Waals surface area contributed by atoms with Crippen LogP contribution in [-0.2, 0) is 28.6 Å². The molecule has 6 heteroatoms. The van der Waals surface area contributed by atoms with E-state index in [0.717, 1.165) is 70.6 Å². The average Bonchev–Trinajstić information content (AvgIpc) is 3.31. The number of carbonyl (C=O) groups is 3. The van der Waals surface area contributed by atoms with E-state index in [2.05, 4.69) is 63.3 Å². The van der Waals surface area contributed by atoms with E-state index in [0.29, 0.717) is 19.3 Å². The lowest BCUT2D eigenvalue weighted by molar-refractivity contribution is -0.167. The molecule has 0 fully saturated rings. The third kappa shape index (κ3) is 51.3. The van der Waals surface area contributed by atoms with E-state index < -0.39 is 6.10 Å². The fraction of sp³-hybridized carbons (Fsp3) is 0.683. The summed E-state index contributed by atoms with van der Waals surface area (Å²) in [6.07, 6.45) is 71.2. The summed E-state index contributed by atoms with van der Waals surface area (Å²) in [5.41, 5.74) is 0. The minimum Gasteiger partial charge on any atom is -0.462 e. The summed E-state index contributed by atoms with van der Waals surface area (Å²) in [5.74, 6) is -1.01. The Bertz CT molecular complexity index is 1330. The highest BCUT2D eigenvalue weighted by Gasteiger charge is 2.19. The van der Waals surface area contributed by atoms with Crippen LogP contribution in [0.3, 0.4) is 0 Å². The number of ether oxygens (including phenoxy) is 3. The van der Waals surface area contributed by atoms with Crippen molar-refractivity contribution in [1.29, 1.82) is 0 Å². The first kappa shape index (κ1) is 62.3. The molecule has 0 radical (unpaired) electrons. The van der Waals surface area contributed by atoms with E-state index in [9.17, 15) is 14.4 Å². The van der Waals surface area contributed by atoms with Gasteiger partial charge in [0.1, 0.15) is 13.2 Å². The van der Waals surface area contributed by atoms with E-state index in [-0.39, 0.29) is 37.5 Å². The molecule has 0 spiro atoms. The second kappa shape index (κ2) is 53.9. The molecule has 376 valence electrons. The van der Waals surface area contributed by atoms with Gasteiger partial charge in [-0.25, -0.2) is 0 Å². The van der Waals surface area contributed by atoms with E-state index in [4.69, 9.17) is 14.2 Å². The van der Waals surface area contributed by atoms with Crippen molar-refractivity contribution in [2.45, 2.75) is 252 Å². The van der Waals surface area contributed by atoms with Crippen LogP contribution in [0.25, 0.3) is 0 Å². The lowest BCUT2D eigenvalue weighted by Gasteiger charge is -2.18. The Kier molecular flexibility index (Phi) is 50.9. The fourth-order valence-electron chi connectivity index (χ4n) is 7.34. The molecule has 0 aliphatic rings. The lowest BCUT2D eigenvalue weighted by Crippen LogP contribution is -2.30. The van der Waals surface area contributed by atoms with E-state index >= 15 is 0 Å². The summed E-state index contributed by atoms with van der Waals surface area (Å²) in [7, 11) is 0. The molecule has 6 nitrogen and oxygen atoms in total. The van der Waals surface area contributed by atoms with Gasteiger partial charge >= 0.3 is 17.9 Å². The van der Waals surface area contributed by atoms with Gasteiger partial charge in [-0.1, -0.05) is 240 Å². The van der Waals surface area contributed by atoms with E-state index in [1.54, 1.807) is 0 Å². The molecule has 0 rings (SSSR count). The normalized spacial score (nSPS) is 12.8. The Morgan fingerprint density at radius 1 is 0.318 bits per heavy atom. The van der Waals surface area contributed by atoms with E-state index in [1.807, 2.05) is 54.7 Å². The molecule has 0 aliphatic carbocycles. The van der Waals surface area contributed by atoms with Gasteiger partial charge in [0, 0.05) is 19.3 Å². The maximum absolute atomic E-state index is 12.8. The predicted molar refractivity (Wildman–Crippen MR) is 284 cm³/mol. The van der Waals surface area contributed by atoms with Gasteiger partial charge < -0.3 is 14.2 Å². The molecule has 0 heterocycles. The summed E-state index contributed by atoms with van der Waals surface area (Å²) in [4.78, 5) is 38.0. The van der Waals surface area contributed by atoms with Crippen LogP contribution in [0.1, 0.15) is 245 Å². The van der Waals surface area contributed by atoms with Crippen LogP contribution in [-0.4, -0.2) is 37.2 Å². The number of hydrogen-bond donors (Lipinski definition) is 0. The van der Waals surface area contributed by atoms with Crippen molar-refractivity contribution < 1.29 is 28.6 Å². The van der Waals surface area contributed by atoms with Crippen molar-refractivity contribution >= 4 is 17.9 Å². The molecule has 1 unspecified atom stereocenters. The highest BCUT2D eigenvalue weighted by atomic mass is 16.6. The Morgan fingerprint density at radius 3 is 1.05 bits per heavy atom. The Balaban J connectivity index is 4.49. The van der Waals surface area contributed by atoms with Gasteiger partial charge in [-0.15, -0.1) is 0 Å². The SMILES string of the molecule is CC\C=C/C=C\C=C/C=C\C=C/CCCC(=O)OCC(COC(=O)CCCCCCC/C=C\C=C/CCCCCCCCC)OC(=O)CCCCCCCCC/C=C\CCCCCCCC. The number of carbonyl (C=O) groups excluding carboxylic acids is 3. The van der Waals surface area contributed by atoms with Crippen molar-refractivity contribution in [3.8, 4) is 0 Å². The maximum Gasteiger partial charge on any atom is 0.306 e. The zero-order valence-electron chi connectivity index (χ0n) is 42.9. The average molecular weight is 917 g/mol. The number of esters is 3. The Labute approximate surface area is 407 Å². The Hall–Kier alpha value is -3.67. The monoisotopic (exact) mass is 917 g/mol. The summed E-state index contributed by atoms with van der Waals surface area (Å²) < 4.78 is 16.7. The van der Waals surface area contributed by atoms with E-state index in [1.165, 1.54) is 128 Å². The van der Waals surface area contributed by atoms with Crippen LogP contribution in [0.4, 0.5) is 0 Å². The molecule has 0 aromatic heterocycles. The highest BCUT2D eigenvalue weighted by molar-refractivity contribution is 5.71. The van der Waals surface area contributed by atoms with Gasteiger partial charge in [0.05, 0.1) is 0 Å². The molecule has 0 amide bonds. The van der Waals surface area contributed by atoms with Gasteiger partial charge in [-0.3, -0.25) is 14.4 Å². The molecular formula is C60H100O6. The molecule has 0 bridgehead atoms. The van der Waals surface area contributed by atoms with Crippen LogP contribution in [0.5, 0.6) is 0 Å². The second-order valence-corrected chi connectivity index (χ2v) is 17.9. The minimum absolute atomic E-state index is 0.110. The van der Waals surface area contributed by atoms with Crippen LogP contribution in [0.15, 0.2) is 97.2 Å². The standard InChI is InChI=1S/C60H100O6/c1-4-7-10-13-16-19-22-25-27-29-31-32-35-38-41-44-47-50-53-59(62)65-56-57(55-64-58(61)52-49-46-43-40-37-34-24-21-18-15-12-9-6-3)66-60(63)54-51-48-45-42-39-36-33-30-28-26-23-20-17-14-11-8-5-2/h9,12,15,18,21,24,26-29,31-32,34,37,40,43,57H,4-8,10-11,13-14,16-17,19-20,22-23,25,30,33,35-36,38-39,41-42,44-56H2,1-3H3/b12-9-,18-15-,24-21-,28-26-,29-27-,32-31-,37-34-,43-40-. The van der Waals surface area contributed by atoms with Crippen molar-refractivity contribution in [3.63, 3.8) is 0 Å². The molecule has 1 atom stereocenters. The topological polar surface area (TPSA) is 78.9 Å². The predicted octanol–water partition coefficient (Wildman–Crippen LogP) is 18.1. The zero-order valence-corrected chi connectivity index (χ0v) is 42.9. The van der Waals surface area contributed by atoms with Crippen LogP contribution < -0.4 is 0 Å². The molecular weight excluding hydrogens is 817 g/mol. The number of unbranched alkanes of at least 4 members (excludes halogenated alkanes) is 26. The third-order valence-corrected chi connectivity index (χ3v) is 11.4. The van der Waals surface area contributed by atoms with Crippen LogP contribution in [0.2, 0.25) is 0 Å². The van der Waals surface area contributed by atoms with Crippen molar-refractivity contribution in [2.75, 3.05) is 13.2 Å². The molecule has 0 aliphatic heterocycles. The summed E-state index contributed by atoms with van der Waals surface area (Å²) in [6.45, 7) is 6.41. The fourth-order valence-corrected chi connectivity index (χ4v) is 7.34. The zero-order chi connectivity index (χ0) is 47.9. The van der Waals surface area contributed by atoms with Gasteiger partial charge in [0.25, 0.3) is 0 Å². The van der Waals surface area contributed by atoms with Crippen molar-refractivity contribution in [3.05, 3.63) is 97.2 Å². The second-order valence-electron chi connectivity index (χ2n) is 17.9. The smallest absolute Gasteiger partial charge is 0.306 e. The lowest BCUT2D eigenvalue weighted by atomic mass is 10.1. The highest BCUT2D eigenvalue weighted by Crippen LogP contribution is 2.14. The van der Waals surface area contributed by atoms with Crippen LogP contribution >= 0.6 is 0 Å². The molecule has 0 aromatic rings. The molecule has 66 heavy (non-hydrogen) atoms. The van der Waals surface area contributed by atoms with Gasteiger partial charge in [-0.05, 0) is 83.5 Å². The summed E-state index contributed by atoms with van der Waals surface area (Å²) >= 11 is 0. The number of rotatable bonds is 48. The maximum atomic E-state index is 12.8. The summed E-state index contributed by atoms with van der Waals surface area (Å²) in [5, 5.41) is 0. The van der Waals surface area contributed by atoms with Gasteiger partial charge in [-0.2, -0.15) is 0 Å².